The minimum Gasteiger partial charge on any atom is -0.325 e. The van der Waals surface area contributed by atoms with E-state index in [4.69, 9.17) is 11.6 Å². The van der Waals surface area contributed by atoms with E-state index in [1.165, 1.54) is 0 Å². The number of carbonyl (C=O) groups is 2. The highest BCUT2D eigenvalue weighted by Crippen LogP contribution is 2.40. The lowest BCUT2D eigenvalue weighted by atomic mass is 10.1. The molecule has 2 heterocycles. The first kappa shape index (κ1) is 17.4. The summed E-state index contributed by atoms with van der Waals surface area (Å²) >= 11 is 7.86. The zero-order valence-corrected chi connectivity index (χ0v) is 15.7. The molecule has 0 aliphatic carbocycles. The Morgan fingerprint density at radius 3 is 2.69 bits per heavy atom. The largest absolute Gasteiger partial charge is 0.325 e. The highest BCUT2D eigenvalue weighted by atomic mass is 35.5. The topological polar surface area (TPSA) is 40.6 Å². The third-order valence-corrected chi connectivity index (χ3v) is 6.35. The van der Waals surface area contributed by atoms with Gasteiger partial charge in [0.25, 0.3) is 0 Å². The number of hydrogen-bond acceptors (Lipinski definition) is 3. The molecule has 2 unspecified atom stereocenters. The molecule has 2 aliphatic rings. The zero-order valence-electron chi connectivity index (χ0n) is 14.2. The van der Waals surface area contributed by atoms with E-state index in [2.05, 4.69) is 0 Å². The Hall–Kier alpha value is -1.98. The number of rotatable bonds is 3. The molecule has 4 rings (SSSR count). The van der Waals surface area contributed by atoms with Crippen molar-refractivity contribution < 1.29 is 9.59 Å². The van der Waals surface area contributed by atoms with Crippen molar-refractivity contribution in [1.82, 2.24) is 4.90 Å². The molecule has 2 aromatic carbocycles. The van der Waals surface area contributed by atoms with Crippen LogP contribution in [0.5, 0.6) is 0 Å². The number of halogens is 1. The molecule has 0 N–H and O–H groups in total. The van der Waals surface area contributed by atoms with Gasteiger partial charge in [-0.25, -0.2) is 0 Å². The highest BCUT2D eigenvalue weighted by Gasteiger charge is 2.40. The molecule has 2 amide bonds. The van der Waals surface area contributed by atoms with E-state index in [9.17, 15) is 9.59 Å². The van der Waals surface area contributed by atoms with E-state index in [1.807, 2.05) is 59.5 Å². The fourth-order valence-corrected chi connectivity index (χ4v) is 5.05. The Labute approximate surface area is 162 Å². The molecular formula is C20H19ClN2O2S. The SMILES string of the molecule is O=C1CC(C(=O)N2CCSC2c2cccc(Cl)c2)CN1c1ccccc1. The Morgan fingerprint density at radius 2 is 1.92 bits per heavy atom. The summed E-state index contributed by atoms with van der Waals surface area (Å²) in [5.74, 6) is 0.682. The van der Waals surface area contributed by atoms with Gasteiger partial charge in [-0.2, -0.15) is 0 Å². The van der Waals surface area contributed by atoms with Crippen molar-refractivity contribution in [3.8, 4) is 0 Å². The van der Waals surface area contributed by atoms with Gasteiger partial charge in [-0.1, -0.05) is 41.9 Å². The van der Waals surface area contributed by atoms with Crippen molar-refractivity contribution in [2.24, 2.45) is 5.92 Å². The standard InChI is InChI=1S/C20H19ClN2O2S/c21-16-6-4-5-14(11-16)20-22(9-10-26-20)19(25)15-12-18(24)23(13-15)17-7-2-1-3-8-17/h1-8,11,15,20H,9-10,12-13H2. The van der Waals surface area contributed by atoms with Gasteiger partial charge >= 0.3 is 0 Å². The van der Waals surface area contributed by atoms with Gasteiger partial charge in [0.1, 0.15) is 5.37 Å². The average molecular weight is 387 g/mol. The Bertz CT molecular complexity index is 830. The smallest absolute Gasteiger partial charge is 0.229 e. The maximum absolute atomic E-state index is 13.1. The maximum atomic E-state index is 13.1. The number of amides is 2. The molecule has 6 heteroatoms. The molecule has 0 saturated carbocycles. The van der Waals surface area contributed by atoms with Crippen LogP contribution >= 0.6 is 23.4 Å². The van der Waals surface area contributed by atoms with Gasteiger partial charge in [0, 0.05) is 36.0 Å². The van der Waals surface area contributed by atoms with Gasteiger partial charge in [-0.3, -0.25) is 9.59 Å². The van der Waals surface area contributed by atoms with E-state index >= 15 is 0 Å². The molecule has 0 radical (unpaired) electrons. The monoisotopic (exact) mass is 386 g/mol. The molecule has 2 aromatic rings. The summed E-state index contributed by atoms with van der Waals surface area (Å²) in [6.45, 7) is 1.15. The summed E-state index contributed by atoms with van der Waals surface area (Å²) in [5, 5.41) is 0.649. The highest BCUT2D eigenvalue weighted by molar-refractivity contribution is 7.99. The Balaban J connectivity index is 1.51. The molecule has 0 bridgehead atoms. The average Bonchev–Trinajstić information content (AvgIpc) is 3.29. The van der Waals surface area contributed by atoms with Crippen molar-refractivity contribution in [2.45, 2.75) is 11.8 Å². The molecule has 4 nitrogen and oxygen atoms in total. The molecule has 0 spiro atoms. The second-order valence-corrected chi connectivity index (χ2v) is 8.18. The van der Waals surface area contributed by atoms with Crippen LogP contribution in [-0.2, 0) is 9.59 Å². The number of nitrogens with zero attached hydrogens (tertiary/aromatic N) is 2. The summed E-state index contributed by atoms with van der Waals surface area (Å²) in [5.41, 5.74) is 1.90. The van der Waals surface area contributed by atoms with Crippen molar-refractivity contribution in [1.29, 1.82) is 0 Å². The fraction of sp³-hybridized carbons (Fsp3) is 0.300. The third kappa shape index (κ3) is 3.33. The van der Waals surface area contributed by atoms with Crippen LogP contribution in [0.4, 0.5) is 5.69 Å². The lowest BCUT2D eigenvalue weighted by molar-refractivity contribution is -0.136. The van der Waals surface area contributed by atoms with Crippen LogP contribution in [0.1, 0.15) is 17.4 Å². The van der Waals surface area contributed by atoms with Gasteiger partial charge in [0.2, 0.25) is 11.8 Å². The van der Waals surface area contributed by atoms with E-state index in [-0.39, 0.29) is 29.5 Å². The summed E-state index contributed by atoms with van der Waals surface area (Å²) in [4.78, 5) is 29.2. The lowest BCUT2D eigenvalue weighted by Gasteiger charge is -2.27. The van der Waals surface area contributed by atoms with Crippen LogP contribution in [0.25, 0.3) is 0 Å². The van der Waals surface area contributed by atoms with Crippen molar-refractivity contribution >= 4 is 40.9 Å². The van der Waals surface area contributed by atoms with E-state index in [0.717, 1.165) is 17.0 Å². The first-order valence-electron chi connectivity index (χ1n) is 8.66. The van der Waals surface area contributed by atoms with E-state index in [0.29, 0.717) is 18.1 Å². The quantitative estimate of drug-likeness (QED) is 0.801. The molecule has 2 fully saturated rings. The normalized spacial score (nSPS) is 22.9. The van der Waals surface area contributed by atoms with Crippen LogP contribution in [0.2, 0.25) is 5.02 Å². The molecular weight excluding hydrogens is 368 g/mol. The summed E-state index contributed by atoms with van der Waals surface area (Å²) in [6.07, 6.45) is 0.275. The molecule has 2 saturated heterocycles. The first-order chi connectivity index (χ1) is 12.6. The maximum Gasteiger partial charge on any atom is 0.229 e. The number of benzene rings is 2. The predicted octanol–water partition coefficient (Wildman–Crippen LogP) is 3.97. The lowest BCUT2D eigenvalue weighted by Crippen LogP contribution is -2.37. The Kier molecular flexibility index (Phi) is 4.92. The summed E-state index contributed by atoms with van der Waals surface area (Å²) in [6, 6.07) is 17.2. The predicted molar refractivity (Wildman–Crippen MR) is 105 cm³/mol. The minimum atomic E-state index is -0.289. The van der Waals surface area contributed by atoms with Crippen LogP contribution in [0, 0.1) is 5.92 Å². The van der Waals surface area contributed by atoms with Crippen LogP contribution in [0.3, 0.4) is 0 Å². The van der Waals surface area contributed by atoms with Gasteiger partial charge < -0.3 is 9.80 Å². The first-order valence-corrected chi connectivity index (χ1v) is 10.1. The van der Waals surface area contributed by atoms with Gasteiger partial charge in [-0.15, -0.1) is 11.8 Å². The van der Waals surface area contributed by atoms with E-state index in [1.54, 1.807) is 16.7 Å². The second-order valence-electron chi connectivity index (χ2n) is 6.55. The fourth-order valence-electron chi connectivity index (χ4n) is 3.60. The van der Waals surface area contributed by atoms with Crippen LogP contribution < -0.4 is 4.90 Å². The van der Waals surface area contributed by atoms with Gasteiger partial charge in [-0.05, 0) is 29.8 Å². The number of thioether (sulfide) groups is 1. The third-order valence-electron chi connectivity index (χ3n) is 4.85. The molecule has 26 heavy (non-hydrogen) atoms. The summed E-state index contributed by atoms with van der Waals surface area (Å²) < 4.78 is 0. The van der Waals surface area contributed by atoms with Crippen LogP contribution in [0.15, 0.2) is 54.6 Å². The van der Waals surface area contributed by atoms with Gasteiger partial charge in [0.15, 0.2) is 0 Å². The zero-order chi connectivity index (χ0) is 18.1. The van der Waals surface area contributed by atoms with Gasteiger partial charge in [0.05, 0.1) is 5.92 Å². The number of hydrogen-bond donors (Lipinski definition) is 0. The molecule has 0 aromatic heterocycles. The molecule has 2 atom stereocenters. The second kappa shape index (κ2) is 7.33. The van der Waals surface area contributed by atoms with Crippen molar-refractivity contribution in [3.63, 3.8) is 0 Å². The van der Waals surface area contributed by atoms with E-state index < -0.39 is 0 Å². The molecule has 2 aliphatic heterocycles. The molecule has 134 valence electrons. The number of anilines is 1. The van der Waals surface area contributed by atoms with Crippen LogP contribution in [-0.4, -0.2) is 35.6 Å². The Morgan fingerprint density at radius 1 is 1.12 bits per heavy atom. The number of para-hydroxylation sites is 1. The summed E-state index contributed by atoms with van der Waals surface area (Å²) in [7, 11) is 0. The number of carbonyl (C=O) groups excluding carboxylic acids is 2. The van der Waals surface area contributed by atoms with Crippen molar-refractivity contribution in [2.75, 3.05) is 23.7 Å². The minimum absolute atomic E-state index is 0.0145. The van der Waals surface area contributed by atoms with Crippen molar-refractivity contribution in [3.05, 3.63) is 65.2 Å².